The van der Waals surface area contributed by atoms with Crippen LogP contribution < -0.4 is 4.74 Å². The molecule has 28 heavy (non-hydrogen) atoms. The summed E-state index contributed by atoms with van der Waals surface area (Å²) in [6.07, 6.45) is 1.53. The van der Waals surface area contributed by atoms with E-state index in [0.29, 0.717) is 17.9 Å². The number of hydrogen-bond acceptors (Lipinski definition) is 4. The molecule has 2 aliphatic heterocycles. The minimum Gasteiger partial charge on any atom is -0.478 e. The van der Waals surface area contributed by atoms with E-state index in [1.807, 2.05) is 29.2 Å². The van der Waals surface area contributed by atoms with Gasteiger partial charge in [0.1, 0.15) is 11.8 Å². The Labute approximate surface area is 172 Å². The molecular formula is C22H22BrNO4. The van der Waals surface area contributed by atoms with Crippen LogP contribution in [0.5, 0.6) is 5.75 Å². The number of likely N-dealkylation sites (tertiary alicyclic amines) is 1. The molecule has 2 saturated heterocycles. The first-order valence-corrected chi connectivity index (χ1v) is 10.3. The predicted molar refractivity (Wildman–Crippen MR) is 108 cm³/mol. The number of halogens is 1. The van der Waals surface area contributed by atoms with Crippen molar-refractivity contribution in [3.8, 4) is 5.75 Å². The number of carbonyl (C=O) groups excluding carboxylic acids is 2. The summed E-state index contributed by atoms with van der Waals surface area (Å²) in [6, 6.07) is 14.7. The van der Waals surface area contributed by atoms with Crippen molar-refractivity contribution in [3.63, 3.8) is 0 Å². The summed E-state index contributed by atoms with van der Waals surface area (Å²) >= 11 is 3.51. The maximum atomic E-state index is 12.9. The Morgan fingerprint density at radius 3 is 2.68 bits per heavy atom. The van der Waals surface area contributed by atoms with Gasteiger partial charge in [0.25, 0.3) is 5.91 Å². The van der Waals surface area contributed by atoms with Gasteiger partial charge in [-0.2, -0.15) is 0 Å². The topological polar surface area (TPSA) is 55.8 Å². The molecule has 0 aliphatic carbocycles. The first kappa shape index (κ1) is 19.2. The Balaban J connectivity index is 1.55. The molecule has 0 saturated carbocycles. The maximum absolute atomic E-state index is 12.9. The molecule has 2 fully saturated rings. The third kappa shape index (κ3) is 3.84. The monoisotopic (exact) mass is 443 g/mol. The van der Waals surface area contributed by atoms with Crippen LogP contribution in [0.15, 0.2) is 53.0 Å². The van der Waals surface area contributed by atoms with Crippen molar-refractivity contribution in [3.05, 3.63) is 64.1 Å². The zero-order valence-electron chi connectivity index (χ0n) is 15.6. The lowest BCUT2D eigenvalue weighted by Crippen LogP contribution is -2.62. The number of hydrogen-bond donors (Lipinski definition) is 0. The Morgan fingerprint density at radius 1 is 1.25 bits per heavy atom. The summed E-state index contributed by atoms with van der Waals surface area (Å²) in [5.74, 6) is 0.553. The van der Waals surface area contributed by atoms with Crippen LogP contribution in [-0.4, -0.2) is 41.9 Å². The second kappa shape index (κ2) is 8.05. The number of ketones is 1. The standard InChI is InChI=1S/C22H22BrNO4/c1-14(25)15-7-9-18(10-8-15)28-21-20(16-4-2-5-17(23)12-16)24(22(21)26)13-19-6-3-11-27-19/h2,4-5,7-10,12,19-21H,3,6,11,13H2,1H3/t19-,20-,21-/m0/s1. The zero-order valence-corrected chi connectivity index (χ0v) is 17.2. The average molecular weight is 444 g/mol. The molecular weight excluding hydrogens is 422 g/mol. The van der Waals surface area contributed by atoms with Crippen molar-refractivity contribution in [2.75, 3.05) is 13.2 Å². The van der Waals surface area contributed by atoms with Crippen LogP contribution in [0.3, 0.4) is 0 Å². The highest BCUT2D eigenvalue weighted by Gasteiger charge is 2.51. The average Bonchev–Trinajstić information content (AvgIpc) is 3.20. The number of amides is 1. The van der Waals surface area contributed by atoms with Gasteiger partial charge >= 0.3 is 0 Å². The lowest BCUT2D eigenvalue weighted by Gasteiger charge is -2.47. The van der Waals surface area contributed by atoms with E-state index < -0.39 is 6.10 Å². The van der Waals surface area contributed by atoms with E-state index in [1.165, 1.54) is 6.92 Å². The largest absolute Gasteiger partial charge is 0.478 e. The van der Waals surface area contributed by atoms with Crippen molar-refractivity contribution >= 4 is 27.6 Å². The van der Waals surface area contributed by atoms with Gasteiger partial charge in [0.2, 0.25) is 6.10 Å². The Hall–Kier alpha value is -2.18. The number of ether oxygens (including phenoxy) is 2. The third-order valence-corrected chi connectivity index (χ3v) is 5.78. The first-order valence-electron chi connectivity index (χ1n) is 9.48. The molecule has 3 atom stereocenters. The number of Topliss-reactive ketones (excluding diaryl/α,β-unsaturated/α-hetero) is 1. The number of nitrogens with zero attached hydrogens (tertiary/aromatic N) is 1. The number of benzene rings is 2. The molecule has 5 nitrogen and oxygen atoms in total. The molecule has 2 heterocycles. The number of rotatable bonds is 6. The van der Waals surface area contributed by atoms with E-state index in [9.17, 15) is 9.59 Å². The van der Waals surface area contributed by atoms with Gasteiger partial charge in [0.05, 0.1) is 6.10 Å². The molecule has 2 aromatic rings. The van der Waals surface area contributed by atoms with E-state index in [0.717, 1.165) is 29.5 Å². The SMILES string of the molecule is CC(=O)c1ccc(O[C@@H]2C(=O)N(C[C@@H]3CCCO3)[C@H]2c2cccc(Br)c2)cc1. The van der Waals surface area contributed by atoms with Gasteiger partial charge in [-0.15, -0.1) is 0 Å². The second-order valence-corrected chi connectivity index (χ2v) is 8.16. The highest BCUT2D eigenvalue weighted by atomic mass is 79.9. The van der Waals surface area contributed by atoms with Crippen molar-refractivity contribution < 1.29 is 19.1 Å². The van der Waals surface area contributed by atoms with E-state index in [2.05, 4.69) is 15.9 Å². The lowest BCUT2D eigenvalue weighted by molar-refractivity contribution is -0.167. The molecule has 2 aliphatic rings. The number of carbonyl (C=O) groups is 2. The molecule has 0 unspecified atom stereocenters. The van der Waals surface area contributed by atoms with E-state index in [4.69, 9.17) is 9.47 Å². The van der Waals surface area contributed by atoms with Crippen LogP contribution in [0, 0.1) is 0 Å². The van der Waals surface area contributed by atoms with Crippen LogP contribution in [0.2, 0.25) is 0 Å². The summed E-state index contributed by atoms with van der Waals surface area (Å²) in [4.78, 5) is 26.2. The zero-order chi connectivity index (χ0) is 19.7. The van der Waals surface area contributed by atoms with Gasteiger partial charge in [-0.05, 0) is 61.7 Å². The molecule has 4 rings (SSSR count). The van der Waals surface area contributed by atoms with Gasteiger partial charge in [-0.25, -0.2) is 0 Å². The molecule has 0 aromatic heterocycles. The molecule has 6 heteroatoms. The van der Waals surface area contributed by atoms with Crippen molar-refractivity contribution in [1.29, 1.82) is 0 Å². The summed E-state index contributed by atoms with van der Waals surface area (Å²) in [5, 5.41) is 0. The Morgan fingerprint density at radius 2 is 2.04 bits per heavy atom. The molecule has 2 aromatic carbocycles. The third-order valence-electron chi connectivity index (χ3n) is 5.29. The van der Waals surface area contributed by atoms with Crippen LogP contribution in [0.25, 0.3) is 0 Å². The van der Waals surface area contributed by atoms with Crippen LogP contribution in [-0.2, 0) is 9.53 Å². The summed E-state index contributed by atoms with van der Waals surface area (Å²) in [6.45, 7) is 2.87. The minimum absolute atomic E-state index is 0.000946. The lowest BCUT2D eigenvalue weighted by atomic mass is 9.90. The predicted octanol–water partition coefficient (Wildman–Crippen LogP) is 4.16. The Bertz CT molecular complexity index is 876. The fourth-order valence-corrected chi connectivity index (χ4v) is 4.22. The summed E-state index contributed by atoms with van der Waals surface area (Å²) in [5.41, 5.74) is 1.65. The molecule has 0 bridgehead atoms. The normalized spacial score (nSPS) is 24.1. The van der Waals surface area contributed by atoms with Crippen LogP contribution >= 0.6 is 15.9 Å². The molecule has 0 N–H and O–H groups in total. The first-order chi connectivity index (χ1) is 13.5. The van der Waals surface area contributed by atoms with Gasteiger partial charge < -0.3 is 14.4 Å². The van der Waals surface area contributed by atoms with E-state index in [-0.39, 0.29) is 23.8 Å². The quantitative estimate of drug-likeness (QED) is 0.496. The fraction of sp³-hybridized carbons (Fsp3) is 0.364. The van der Waals surface area contributed by atoms with Crippen molar-refractivity contribution in [1.82, 2.24) is 4.90 Å². The van der Waals surface area contributed by atoms with Gasteiger partial charge in [0.15, 0.2) is 5.78 Å². The van der Waals surface area contributed by atoms with Gasteiger partial charge in [0, 0.05) is 23.2 Å². The van der Waals surface area contributed by atoms with E-state index in [1.54, 1.807) is 24.3 Å². The van der Waals surface area contributed by atoms with Crippen LogP contribution in [0.1, 0.15) is 41.7 Å². The summed E-state index contributed by atoms with van der Waals surface area (Å²) in [7, 11) is 0. The molecule has 146 valence electrons. The Kier molecular flexibility index (Phi) is 5.51. The van der Waals surface area contributed by atoms with E-state index >= 15 is 0 Å². The van der Waals surface area contributed by atoms with Gasteiger partial charge in [-0.3, -0.25) is 9.59 Å². The smallest absolute Gasteiger partial charge is 0.266 e. The van der Waals surface area contributed by atoms with Crippen molar-refractivity contribution in [2.24, 2.45) is 0 Å². The van der Waals surface area contributed by atoms with Crippen LogP contribution in [0.4, 0.5) is 0 Å². The molecule has 0 radical (unpaired) electrons. The highest BCUT2D eigenvalue weighted by molar-refractivity contribution is 9.10. The minimum atomic E-state index is -0.584. The molecule has 1 amide bonds. The second-order valence-electron chi connectivity index (χ2n) is 7.24. The van der Waals surface area contributed by atoms with Gasteiger partial charge in [-0.1, -0.05) is 28.1 Å². The number of β-lactam (4-membered cyclic amide) rings is 1. The fourth-order valence-electron chi connectivity index (χ4n) is 3.80. The van der Waals surface area contributed by atoms with Crippen molar-refractivity contribution in [2.45, 2.75) is 38.0 Å². The summed E-state index contributed by atoms with van der Waals surface area (Å²) < 4.78 is 12.7. The highest BCUT2D eigenvalue weighted by Crippen LogP contribution is 2.39. The molecule has 0 spiro atoms. The maximum Gasteiger partial charge on any atom is 0.266 e.